The Kier molecular flexibility index (Phi) is 3.87. The SMILES string of the molecule is CC(NCc1cccc2cccnc12)(C(=O)O)C(F)(F)F. The van der Waals surface area contributed by atoms with E-state index in [4.69, 9.17) is 5.11 Å². The summed E-state index contributed by atoms with van der Waals surface area (Å²) in [5.74, 6) is -1.97. The Bertz CT molecular complexity index is 667. The molecule has 0 amide bonds. The lowest BCUT2D eigenvalue weighted by molar-refractivity contribution is -0.206. The van der Waals surface area contributed by atoms with Crippen LogP contribution in [-0.2, 0) is 11.3 Å². The Morgan fingerprint density at radius 2 is 1.95 bits per heavy atom. The minimum absolute atomic E-state index is 0.253. The third kappa shape index (κ3) is 2.82. The van der Waals surface area contributed by atoms with Crippen molar-refractivity contribution >= 4 is 16.9 Å². The first kappa shape index (κ1) is 15.2. The van der Waals surface area contributed by atoms with Crippen LogP contribution in [0.15, 0.2) is 36.5 Å². The summed E-state index contributed by atoms with van der Waals surface area (Å²) in [5, 5.41) is 11.7. The average molecular weight is 298 g/mol. The van der Waals surface area contributed by atoms with Crippen molar-refractivity contribution in [3.63, 3.8) is 0 Å². The molecule has 0 fully saturated rings. The molecule has 0 aliphatic rings. The number of aliphatic carboxylic acids is 1. The number of carboxylic acid groups (broad SMARTS) is 1. The summed E-state index contributed by atoms with van der Waals surface area (Å²) in [6.07, 6.45) is -3.37. The standard InChI is InChI=1S/C14H13F3N2O2/c1-13(12(20)21,14(15,16)17)19-8-10-5-2-4-9-6-3-7-18-11(9)10/h2-7,19H,8H2,1H3,(H,20,21). The van der Waals surface area contributed by atoms with E-state index in [1.165, 1.54) is 6.20 Å². The summed E-state index contributed by atoms with van der Waals surface area (Å²) in [7, 11) is 0. The molecule has 21 heavy (non-hydrogen) atoms. The summed E-state index contributed by atoms with van der Waals surface area (Å²) in [6.45, 7) is 0.352. The number of aromatic nitrogens is 1. The van der Waals surface area contributed by atoms with Gasteiger partial charge < -0.3 is 5.11 Å². The highest BCUT2D eigenvalue weighted by Gasteiger charge is 2.57. The van der Waals surface area contributed by atoms with Gasteiger partial charge >= 0.3 is 12.1 Å². The van der Waals surface area contributed by atoms with Crippen molar-refractivity contribution in [2.24, 2.45) is 0 Å². The first-order chi connectivity index (χ1) is 9.75. The number of halogens is 3. The second kappa shape index (κ2) is 5.33. The zero-order valence-electron chi connectivity index (χ0n) is 11.1. The maximum Gasteiger partial charge on any atom is 0.417 e. The van der Waals surface area contributed by atoms with Crippen molar-refractivity contribution in [2.75, 3.05) is 0 Å². The molecular weight excluding hydrogens is 285 g/mol. The number of fused-ring (bicyclic) bond motifs is 1. The third-order valence-electron chi connectivity index (χ3n) is 3.34. The molecule has 1 aromatic heterocycles. The number of nitrogens with one attached hydrogen (secondary N) is 1. The fourth-order valence-corrected chi connectivity index (χ4v) is 1.88. The van der Waals surface area contributed by atoms with Gasteiger partial charge in [-0.05, 0) is 18.6 Å². The average Bonchev–Trinajstić information content (AvgIpc) is 2.43. The van der Waals surface area contributed by atoms with Crippen LogP contribution in [0.5, 0.6) is 0 Å². The molecule has 0 aliphatic heterocycles. The van der Waals surface area contributed by atoms with Crippen molar-refractivity contribution < 1.29 is 23.1 Å². The van der Waals surface area contributed by atoms with Gasteiger partial charge in [-0.2, -0.15) is 13.2 Å². The molecule has 7 heteroatoms. The molecule has 0 spiro atoms. The van der Waals surface area contributed by atoms with Gasteiger partial charge in [-0.1, -0.05) is 24.3 Å². The summed E-state index contributed by atoms with van der Waals surface area (Å²) in [4.78, 5) is 15.1. The van der Waals surface area contributed by atoms with Crippen molar-refractivity contribution in [1.82, 2.24) is 10.3 Å². The molecule has 4 nitrogen and oxygen atoms in total. The van der Waals surface area contributed by atoms with Crippen LogP contribution >= 0.6 is 0 Å². The maximum atomic E-state index is 12.9. The minimum atomic E-state index is -4.91. The largest absolute Gasteiger partial charge is 0.480 e. The lowest BCUT2D eigenvalue weighted by Crippen LogP contribution is -2.59. The number of alkyl halides is 3. The van der Waals surface area contributed by atoms with Crippen LogP contribution in [0.25, 0.3) is 10.9 Å². The monoisotopic (exact) mass is 298 g/mol. The number of carbonyl (C=O) groups is 1. The van der Waals surface area contributed by atoms with E-state index in [1.807, 2.05) is 0 Å². The van der Waals surface area contributed by atoms with E-state index in [0.717, 1.165) is 5.39 Å². The first-order valence-corrected chi connectivity index (χ1v) is 6.13. The molecule has 2 aromatic rings. The Balaban J connectivity index is 2.31. The molecule has 1 heterocycles. The predicted molar refractivity (Wildman–Crippen MR) is 70.7 cm³/mol. The molecule has 0 radical (unpaired) electrons. The molecule has 1 atom stereocenters. The molecule has 0 saturated carbocycles. The van der Waals surface area contributed by atoms with Crippen LogP contribution in [0.2, 0.25) is 0 Å². The molecule has 0 aliphatic carbocycles. The van der Waals surface area contributed by atoms with Crippen molar-refractivity contribution in [3.05, 3.63) is 42.1 Å². The number of benzene rings is 1. The van der Waals surface area contributed by atoms with E-state index in [0.29, 0.717) is 18.0 Å². The van der Waals surface area contributed by atoms with E-state index in [9.17, 15) is 18.0 Å². The van der Waals surface area contributed by atoms with Gasteiger partial charge in [0, 0.05) is 18.1 Å². The Hall–Kier alpha value is -2.15. The number of hydrogen-bond acceptors (Lipinski definition) is 3. The summed E-state index contributed by atoms with van der Waals surface area (Å²) < 4.78 is 38.7. The van der Waals surface area contributed by atoms with Gasteiger partial charge in [-0.15, -0.1) is 0 Å². The highest BCUT2D eigenvalue weighted by molar-refractivity contribution is 5.82. The Morgan fingerprint density at radius 1 is 1.29 bits per heavy atom. The van der Waals surface area contributed by atoms with Gasteiger partial charge in [0.05, 0.1) is 5.52 Å². The second-order valence-electron chi connectivity index (χ2n) is 4.77. The quantitative estimate of drug-likeness (QED) is 0.911. The van der Waals surface area contributed by atoms with Crippen molar-refractivity contribution in [3.8, 4) is 0 Å². The van der Waals surface area contributed by atoms with Crippen LogP contribution in [0, 0.1) is 0 Å². The molecule has 0 saturated heterocycles. The van der Waals surface area contributed by atoms with Gasteiger partial charge in [0.1, 0.15) is 0 Å². The molecule has 2 N–H and O–H groups in total. The van der Waals surface area contributed by atoms with Gasteiger partial charge in [-0.25, -0.2) is 4.79 Å². The summed E-state index contributed by atoms with van der Waals surface area (Å²) in [5.41, 5.74) is -1.96. The normalized spacial score (nSPS) is 14.9. The van der Waals surface area contributed by atoms with Gasteiger partial charge in [0.15, 0.2) is 0 Å². The highest BCUT2D eigenvalue weighted by Crippen LogP contribution is 2.31. The van der Waals surface area contributed by atoms with E-state index in [1.54, 1.807) is 30.3 Å². The highest BCUT2D eigenvalue weighted by atomic mass is 19.4. The van der Waals surface area contributed by atoms with Crippen LogP contribution in [0.3, 0.4) is 0 Å². The van der Waals surface area contributed by atoms with E-state index in [2.05, 4.69) is 10.3 Å². The number of rotatable bonds is 4. The summed E-state index contributed by atoms with van der Waals surface area (Å²) in [6, 6.07) is 8.59. The molecule has 0 bridgehead atoms. The zero-order valence-corrected chi connectivity index (χ0v) is 11.1. The number of nitrogens with zero attached hydrogens (tertiary/aromatic N) is 1. The maximum absolute atomic E-state index is 12.9. The van der Waals surface area contributed by atoms with Crippen LogP contribution in [0.1, 0.15) is 12.5 Å². The smallest absolute Gasteiger partial charge is 0.417 e. The number of para-hydroxylation sites is 1. The number of pyridine rings is 1. The van der Waals surface area contributed by atoms with Crippen molar-refractivity contribution in [1.29, 1.82) is 0 Å². The minimum Gasteiger partial charge on any atom is -0.480 e. The van der Waals surface area contributed by atoms with Crippen molar-refractivity contribution in [2.45, 2.75) is 25.2 Å². The third-order valence-corrected chi connectivity index (χ3v) is 3.34. The van der Waals surface area contributed by atoms with Gasteiger partial charge in [-0.3, -0.25) is 10.3 Å². The Labute approximate surface area is 118 Å². The van der Waals surface area contributed by atoms with E-state index in [-0.39, 0.29) is 6.54 Å². The predicted octanol–water partition coefficient (Wildman–Crippen LogP) is 2.73. The first-order valence-electron chi connectivity index (χ1n) is 6.13. The lowest BCUT2D eigenvalue weighted by Gasteiger charge is -2.28. The van der Waals surface area contributed by atoms with E-state index < -0.39 is 17.7 Å². The van der Waals surface area contributed by atoms with Crippen LogP contribution < -0.4 is 5.32 Å². The zero-order chi connectivity index (χ0) is 15.7. The Morgan fingerprint density at radius 3 is 2.57 bits per heavy atom. The molecule has 112 valence electrons. The topological polar surface area (TPSA) is 62.2 Å². The summed E-state index contributed by atoms with van der Waals surface area (Å²) >= 11 is 0. The van der Waals surface area contributed by atoms with Crippen LogP contribution in [0.4, 0.5) is 13.2 Å². The fraction of sp³-hybridized carbons (Fsp3) is 0.286. The molecule has 1 aromatic carbocycles. The van der Waals surface area contributed by atoms with Gasteiger partial charge in [0.25, 0.3) is 0 Å². The second-order valence-corrected chi connectivity index (χ2v) is 4.77. The number of hydrogen-bond donors (Lipinski definition) is 2. The van der Waals surface area contributed by atoms with Gasteiger partial charge in [0.2, 0.25) is 5.54 Å². The van der Waals surface area contributed by atoms with Crippen LogP contribution in [-0.4, -0.2) is 27.8 Å². The lowest BCUT2D eigenvalue weighted by atomic mass is 10.0. The molecular formula is C14H13F3N2O2. The molecule has 2 rings (SSSR count). The number of carboxylic acids is 1. The van der Waals surface area contributed by atoms with E-state index >= 15 is 0 Å². The fourth-order valence-electron chi connectivity index (χ4n) is 1.88. The molecule has 1 unspecified atom stereocenters.